The van der Waals surface area contributed by atoms with Crippen LogP contribution in [0.1, 0.15) is 41.6 Å². The number of rotatable bonds is 4. The van der Waals surface area contributed by atoms with Crippen molar-refractivity contribution < 1.29 is 0 Å². The summed E-state index contributed by atoms with van der Waals surface area (Å²) in [5, 5.41) is 3.73. The Labute approximate surface area is 116 Å². The minimum Gasteiger partial charge on any atom is -0.310 e. The molecule has 0 bridgehead atoms. The van der Waals surface area contributed by atoms with Crippen molar-refractivity contribution in [3.05, 3.63) is 34.4 Å². The molecule has 0 saturated carbocycles. The first-order valence-corrected chi connectivity index (χ1v) is 8.12. The monoisotopic (exact) mass is 263 g/mol. The summed E-state index contributed by atoms with van der Waals surface area (Å²) in [7, 11) is 0. The van der Waals surface area contributed by atoms with Gasteiger partial charge in [0.2, 0.25) is 0 Å². The van der Waals surface area contributed by atoms with Gasteiger partial charge >= 0.3 is 0 Å². The molecule has 1 aliphatic rings. The summed E-state index contributed by atoms with van der Waals surface area (Å²) < 4.78 is 0. The minimum atomic E-state index is 0.469. The largest absolute Gasteiger partial charge is 0.310 e. The first-order chi connectivity index (χ1) is 8.58. The Hall–Kier alpha value is -0.470. The number of thioether (sulfide) groups is 1. The maximum absolute atomic E-state index is 3.73. The molecule has 2 heteroatoms. The van der Waals surface area contributed by atoms with E-state index in [1.807, 2.05) is 0 Å². The number of hydrogen-bond donors (Lipinski definition) is 1. The number of benzene rings is 1. The third-order valence-electron chi connectivity index (χ3n) is 3.91. The molecule has 1 fully saturated rings. The quantitative estimate of drug-likeness (QED) is 0.880. The van der Waals surface area contributed by atoms with Gasteiger partial charge in [-0.1, -0.05) is 17.7 Å². The Kier molecular flexibility index (Phi) is 4.74. The van der Waals surface area contributed by atoms with Gasteiger partial charge in [0.25, 0.3) is 0 Å². The van der Waals surface area contributed by atoms with Crippen LogP contribution < -0.4 is 5.32 Å². The molecule has 1 aliphatic heterocycles. The molecule has 0 amide bonds. The highest BCUT2D eigenvalue weighted by atomic mass is 32.2. The fourth-order valence-corrected chi connectivity index (χ4v) is 4.35. The first kappa shape index (κ1) is 14.0. The molecule has 1 nitrogen and oxygen atoms in total. The summed E-state index contributed by atoms with van der Waals surface area (Å²) in [6.07, 6.45) is 1.39. The summed E-state index contributed by atoms with van der Waals surface area (Å²) in [4.78, 5) is 0. The third-order valence-corrected chi connectivity index (χ3v) is 5.14. The average Bonchev–Trinajstić information content (AvgIpc) is 2.77. The maximum Gasteiger partial charge on any atom is 0.0297 e. The highest BCUT2D eigenvalue weighted by Crippen LogP contribution is 2.26. The molecule has 0 aromatic heterocycles. The number of nitrogens with one attached hydrogen (secondary N) is 1. The Morgan fingerprint density at radius 3 is 2.50 bits per heavy atom. The fraction of sp³-hybridized carbons (Fsp3) is 0.625. The highest BCUT2D eigenvalue weighted by Gasteiger charge is 2.17. The molecule has 2 unspecified atom stereocenters. The SMILES string of the molecule is Cc1cc(C)c(C(C)NCC2CCSC2)c(C)c1. The topological polar surface area (TPSA) is 12.0 Å². The lowest BCUT2D eigenvalue weighted by molar-refractivity contribution is 0.475. The minimum absolute atomic E-state index is 0.469. The molecule has 0 radical (unpaired) electrons. The molecule has 2 atom stereocenters. The van der Waals surface area contributed by atoms with E-state index in [4.69, 9.17) is 0 Å². The van der Waals surface area contributed by atoms with E-state index in [1.54, 1.807) is 0 Å². The van der Waals surface area contributed by atoms with E-state index in [2.05, 4.69) is 56.9 Å². The molecule has 2 rings (SSSR count). The highest BCUT2D eigenvalue weighted by molar-refractivity contribution is 7.99. The second kappa shape index (κ2) is 6.12. The van der Waals surface area contributed by atoms with Gasteiger partial charge in [0, 0.05) is 6.04 Å². The van der Waals surface area contributed by atoms with Gasteiger partial charge in [0.05, 0.1) is 0 Å². The zero-order chi connectivity index (χ0) is 13.1. The van der Waals surface area contributed by atoms with E-state index in [0.29, 0.717) is 6.04 Å². The van der Waals surface area contributed by atoms with Crippen molar-refractivity contribution in [1.29, 1.82) is 0 Å². The summed E-state index contributed by atoms with van der Waals surface area (Å²) >= 11 is 2.10. The smallest absolute Gasteiger partial charge is 0.0297 e. The van der Waals surface area contributed by atoms with Crippen LogP contribution in [0.15, 0.2) is 12.1 Å². The standard InChI is InChI=1S/C16H25NS/c1-11-7-12(2)16(13(3)8-11)14(4)17-9-15-5-6-18-10-15/h7-8,14-15,17H,5-6,9-10H2,1-4H3. The van der Waals surface area contributed by atoms with Gasteiger partial charge in [0.15, 0.2) is 0 Å². The molecule has 0 spiro atoms. The summed E-state index contributed by atoms with van der Waals surface area (Å²) in [6.45, 7) is 10.1. The van der Waals surface area contributed by atoms with Crippen LogP contribution in [-0.2, 0) is 0 Å². The molecule has 1 aromatic rings. The van der Waals surface area contributed by atoms with Crippen LogP contribution >= 0.6 is 11.8 Å². The molecule has 1 N–H and O–H groups in total. The van der Waals surface area contributed by atoms with Crippen molar-refractivity contribution >= 4 is 11.8 Å². The molecule has 18 heavy (non-hydrogen) atoms. The Morgan fingerprint density at radius 2 is 1.94 bits per heavy atom. The van der Waals surface area contributed by atoms with Crippen LogP contribution in [0.2, 0.25) is 0 Å². The van der Waals surface area contributed by atoms with Crippen LogP contribution in [0.4, 0.5) is 0 Å². The van der Waals surface area contributed by atoms with E-state index in [0.717, 1.165) is 5.92 Å². The van der Waals surface area contributed by atoms with Gasteiger partial charge in [0.1, 0.15) is 0 Å². The summed E-state index contributed by atoms with van der Waals surface area (Å²) in [5.74, 6) is 3.57. The molecular weight excluding hydrogens is 238 g/mol. The Bertz CT molecular complexity index is 385. The molecule has 1 aromatic carbocycles. The molecule has 1 heterocycles. The van der Waals surface area contributed by atoms with Crippen LogP contribution in [0.5, 0.6) is 0 Å². The lowest BCUT2D eigenvalue weighted by atomic mass is 9.94. The number of hydrogen-bond acceptors (Lipinski definition) is 2. The van der Waals surface area contributed by atoms with Gasteiger partial charge in [-0.25, -0.2) is 0 Å². The van der Waals surface area contributed by atoms with Crippen LogP contribution in [0, 0.1) is 26.7 Å². The predicted octanol–water partition coefficient (Wildman–Crippen LogP) is 4.02. The second-order valence-corrected chi connectivity index (χ2v) is 6.82. The van der Waals surface area contributed by atoms with Crippen LogP contribution in [0.25, 0.3) is 0 Å². The Balaban J connectivity index is 2.01. The lowest BCUT2D eigenvalue weighted by Crippen LogP contribution is -2.26. The van der Waals surface area contributed by atoms with Gasteiger partial charge in [-0.05, 0) is 74.8 Å². The van der Waals surface area contributed by atoms with E-state index in [9.17, 15) is 0 Å². The van der Waals surface area contributed by atoms with Gasteiger partial charge in [-0.2, -0.15) is 11.8 Å². The summed E-state index contributed by atoms with van der Waals surface area (Å²) in [5.41, 5.74) is 5.71. The lowest BCUT2D eigenvalue weighted by Gasteiger charge is -2.21. The van der Waals surface area contributed by atoms with E-state index in [1.165, 1.54) is 46.7 Å². The van der Waals surface area contributed by atoms with Gasteiger partial charge < -0.3 is 5.32 Å². The predicted molar refractivity (Wildman–Crippen MR) is 82.5 cm³/mol. The van der Waals surface area contributed by atoms with E-state index >= 15 is 0 Å². The number of aryl methyl sites for hydroxylation is 3. The fourth-order valence-electron chi connectivity index (χ4n) is 3.06. The molecule has 100 valence electrons. The first-order valence-electron chi connectivity index (χ1n) is 6.97. The summed E-state index contributed by atoms with van der Waals surface area (Å²) in [6, 6.07) is 5.06. The molecule has 1 saturated heterocycles. The van der Waals surface area contributed by atoms with Crippen molar-refractivity contribution in [3.8, 4) is 0 Å². The average molecular weight is 263 g/mol. The molecular formula is C16H25NS. The van der Waals surface area contributed by atoms with E-state index in [-0.39, 0.29) is 0 Å². The second-order valence-electron chi connectivity index (χ2n) is 5.67. The van der Waals surface area contributed by atoms with Crippen molar-refractivity contribution in [2.45, 2.75) is 40.2 Å². The zero-order valence-electron chi connectivity index (χ0n) is 12.0. The van der Waals surface area contributed by atoms with Crippen LogP contribution in [0.3, 0.4) is 0 Å². The normalized spacial score (nSPS) is 21.2. The van der Waals surface area contributed by atoms with Gasteiger partial charge in [-0.3, -0.25) is 0 Å². The third kappa shape index (κ3) is 3.30. The van der Waals surface area contributed by atoms with Crippen molar-refractivity contribution in [2.75, 3.05) is 18.1 Å². The maximum atomic E-state index is 3.73. The van der Waals surface area contributed by atoms with Gasteiger partial charge in [-0.15, -0.1) is 0 Å². The van der Waals surface area contributed by atoms with Crippen molar-refractivity contribution in [3.63, 3.8) is 0 Å². The zero-order valence-corrected chi connectivity index (χ0v) is 12.9. The van der Waals surface area contributed by atoms with Crippen LogP contribution in [-0.4, -0.2) is 18.1 Å². The Morgan fingerprint density at radius 1 is 1.28 bits per heavy atom. The van der Waals surface area contributed by atoms with Crippen molar-refractivity contribution in [2.24, 2.45) is 5.92 Å². The molecule has 0 aliphatic carbocycles. The van der Waals surface area contributed by atoms with E-state index < -0.39 is 0 Å². The van der Waals surface area contributed by atoms with Crippen molar-refractivity contribution in [1.82, 2.24) is 5.32 Å².